The molecular formula is C7H16N4O. The van der Waals surface area contributed by atoms with Crippen molar-refractivity contribution in [2.24, 2.45) is 22.6 Å². The molecule has 0 radical (unpaired) electrons. The smallest absolute Gasteiger partial charge is 0.213 e. The minimum atomic E-state index is -0.216. The number of hydrogen-bond acceptors (Lipinski definition) is 3. The van der Waals surface area contributed by atoms with Gasteiger partial charge in [0.05, 0.1) is 6.10 Å². The molecule has 1 saturated heterocycles. The molecule has 1 fully saturated rings. The largest absolute Gasteiger partial charge is 0.393 e. The molecule has 0 amide bonds. The number of likely N-dealkylation sites (tertiary alicyclic amines) is 1. The Hall–Kier alpha value is -0.970. The van der Waals surface area contributed by atoms with Gasteiger partial charge in [-0.05, 0) is 12.3 Å². The Labute approximate surface area is 72.0 Å². The average Bonchev–Trinajstić information content (AvgIpc) is 2.08. The third-order valence-electron chi connectivity index (χ3n) is 2.32. The van der Waals surface area contributed by atoms with Gasteiger partial charge in [0.2, 0.25) is 5.96 Å². The van der Waals surface area contributed by atoms with E-state index in [1.807, 2.05) is 11.8 Å². The van der Waals surface area contributed by atoms with Crippen LogP contribution in [0.25, 0.3) is 0 Å². The van der Waals surface area contributed by atoms with E-state index < -0.39 is 0 Å². The van der Waals surface area contributed by atoms with Crippen LogP contribution in [0.5, 0.6) is 0 Å². The van der Waals surface area contributed by atoms with Crippen molar-refractivity contribution in [2.75, 3.05) is 13.1 Å². The van der Waals surface area contributed by atoms with Crippen LogP contribution in [0.1, 0.15) is 13.3 Å². The van der Waals surface area contributed by atoms with Gasteiger partial charge in [-0.3, -0.25) is 0 Å². The van der Waals surface area contributed by atoms with Crippen molar-refractivity contribution >= 4 is 5.96 Å². The average molecular weight is 172 g/mol. The zero-order valence-electron chi connectivity index (χ0n) is 7.27. The molecule has 5 heteroatoms. The number of aliphatic hydroxyl groups is 1. The van der Waals surface area contributed by atoms with Gasteiger partial charge >= 0.3 is 0 Å². The molecule has 5 N–H and O–H groups in total. The molecule has 2 atom stereocenters. The van der Waals surface area contributed by atoms with Crippen molar-refractivity contribution in [3.8, 4) is 0 Å². The third-order valence-corrected chi connectivity index (χ3v) is 2.32. The number of hydrogen-bond donors (Lipinski definition) is 3. The third kappa shape index (κ3) is 1.79. The van der Waals surface area contributed by atoms with Gasteiger partial charge in [0.25, 0.3) is 0 Å². The fourth-order valence-corrected chi connectivity index (χ4v) is 1.42. The quantitative estimate of drug-likeness (QED) is 0.187. The molecule has 0 aliphatic carbocycles. The first-order valence-electron chi connectivity index (χ1n) is 4.11. The van der Waals surface area contributed by atoms with E-state index in [1.165, 1.54) is 0 Å². The summed E-state index contributed by atoms with van der Waals surface area (Å²) in [6, 6.07) is 0. The van der Waals surface area contributed by atoms with E-state index in [0.717, 1.165) is 19.5 Å². The lowest BCUT2D eigenvalue weighted by atomic mass is 9.97. The Balaban J connectivity index is 2.51. The lowest BCUT2D eigenvalue weighted by molar-refractivity contribution is 0.0585. The van der Waals surface area contributed by atoms with Crippen LogP contribution in [0, 0.1) is 5.92 Å². The van der Waals surface area contributed by atoms with Gasteiger partial charge in [-0.15, -0.1) is 5.10 Å². The van der Waals surface area contributed by atoms with Crippen molar-refractivity contribution in [1.29, 1.82) is 0 Å². The maximum absolute atomic E-state index is 9.41. The Morgan fingerprint density at radius 2 is 2.33 bits per heavy atom. The molecule has 0 aromatic carbocycles. The Morgan fingerprint density at radius 3 is 2.83 bits per heavy atom. The zero-order chi connectivity index (χ0) is 9.14. The summed E-state index contributed by atoms with van der Waals surface area (Å²) < 4.78 is 0. The van der Waals surface area contributed by atoms with Gasteiger partial charge in [-0.25, -0.2) is 0 Å². The molecule has 0 bridgehead atoms. The summed E-state index contributed by atoms with van der Waals surface area (Å²) in [4.78, 5) is 1.89. The number of hydrazone groups is 1. The van der Waals surface area contributed by atoms with Crippen molar-refractivity contribution in [3.63, 3.8) is 0 Å². The van der Waals surface area contributed by atoms with E-state index >= 15 is 0 Å². The van der Waals surface area contributed by atoms with E-state index in [4.69, 9.17) is 11.6 Å². The molecule has 0 saturated carbocycles. The predicted molar refractivity (Wildman–Crippen MR) is 47.2 cm³/mol. The van der Waals surface area contributed by atoms with Gasteiger partial charge < -0.3 is 21.6 Å². The van der Waals surface area contributed by atoms with Gasteiger partial charge in [-0.2, -0.15) is 0 Å². The van der Waals surface area contributed by atoms with Gasteiger partial charge in [0.1, 0.15) is 0 Å². The molecule has 1 aliphatic rings. The lowest BCUT2D eigenvalue weighted by Gasteiger charge is -2.34. The normalized spacial score (nSPS) is 32.2. The first-order chi connectivity index (χ1) is 5.65. The van der Waals surface area contributed by atoms with Crippen LogP contribution in [0.4, 0.5) is 0 Å². The first kappa shape index (κ1) is 9.12. The zero-order valence-corrected chi connectivity index (χ0v) is 7.27. The monoisotopic (exact) mass is 172 g/mol. The molecule has 0 aromatic rings. The van der Waals surface area contributed by atoms with Crippen LogP contribution in [0.15, 0.2) is 5.10 Å². The standard InChI is InChI=1S/C7H16N4O/c1-5-4-11(7(8)10-9)3-2-6(5)12/h5-6,12H,2-4,9H2,1H3,(H2,8,10). The van der Waals surface area contributed by atoms with Gasteiger partial charge in [0, 0.05) is 13.1 Å². The second-order valence-corrected chi connectivity index (χ2v) is 3.27. The molecule has 1 aliphatic heterocycles. The summed E-state index contributed by atoms with van der Waals surface area (Å²) >= 11 is 0. The topological polar surface area (TPSA) is 87.9 Å². The van der Waals surface area contributed by atoms with E-state index in [2.05, 4.69) is 5.10 Å². The fraction of sp³-hybridized carbons (Fsp3) is 0.857. The number of nitrogens with zero attached hydrogens (tertiary/aromatic N) is 2. The van der Waals surface area contributed by atoms with Crippen molar-refractivity contribution < 1.29 is 5.11 Å². The molecule has 0 spiro atoms. The Bertz CT molecular complexity index is 182. The summed E-state index contributed by atoms with van der Waals surface area (Å²) in [5, 5.41) is 12.8. The van der Waals surface area contributed by atoms with Crippen LogP contribution in [-0.2, 0) is 0 Å². The molecule has 70 valence electrons. The van der Waals surface area contributed by atoms with E-state index in [9.17, 15) is 5.11 Å². The number of aliphatic hydroxyl groups excluding tert-OH is 1. The Kier molecular flexibility index (Phi) is 2.75. The van der Waals surface area contributed by atoms with E-state index in [1.54, 1.807) is 0 Å². The van der Waals surface area contributed by atoms with Crippen LogP contribution in [-0.4, -0.2) is 35.2 Å². The maximum atomic E-state index is 9.41. The van der Waals surface area contributed by atoms with Crippen molar-refractivity contribution in [2.45, 2.75) is 19.4 Å². The molecule has 2 unspecified atom stereocenters. The van der Waals surface area contributed by atoms with Crippen molar-refractivity contribution in [1.82, 2.24) is 4.90 Å². The van der Waals surface area contributed by atoms with Crippen molar-refractivity contribution in [3.05, 3.63) is 0 Å². The highest BCUT2D eigenvalue weighted by atomic mass is 16.3. The van der Waals surface area contributed by atoms with Gasteiger partial charge in [-0.1, -0.05) is 6.92 Å². The number of rotatable bonds is 0. The highest BCUT2D eigenvalue weighted by Crippen LogP contribution is 2.15. The number of piperidine rings is 1. The molecule has 0 aromatic heterocycles. The number of nitrogens with two attached hydrogens (primary N) is 2. The minimum Gasteiger partial charge on any atom is -0.393 e. The summed E-state index contributed by atoms with van der Waals surface area (Å²) in [7, 11) is 0. The lowest BCUT2D eigenvalue weighted by Crippen LogP contribution is -2.48. The highest BCUT2D eigenvalue weighted by molar-refractivity contribution is 5.77. The second-order valence-electron chi connectivity index (χ2n) is 3.27. The maximum Gasteiger partial charge on any atom is 0.213 e. The van der Waals surface area contributed by atoms with E-state index in [-0.39, 0.29) is 12.0 Å². The van der Waals surface area contributed by atoms with Gasteiger partial charge in [0.15, 0.2) is 0 Å². The predicted octanol–water partition coefficient (Wildman–Crippen LogP) is -1.12. The van der Waals surface area contributed by atoms with Crippen LogP contribution in [0.3, 0.4) is 0 Å². The molecule has 1 rings (SSSR count). The SMILES string of the molecule is CC1CN(C(N)=NN)CCC1O. The number of guanidine groups is 1. The molecule has 5 nitrogen and oxygen atoms in total. The highest BCUT2D eigenvalue weighted by Gasteiger charge is 2.24. The minimum absolute atomic E-state index is 0.216. The molecular weight excluding hydrogens is 156 g/mol. The summed E-state index contributed by atoms with van der Waals surface area (Å²) in [5.41, 5.74) is 5.52. The van der Waals surface area contributed by atoms with Crippen LogP contribution >= 0.6 is 0 Å². The summed E-state index contributed by atoms with van der Waals surface area (Å²) in [6.45, 7) is 3.45. The van der Waals surface area contributed by atoms with Crippen LogP contribution in [0.2, 0.25) is 0 Å². The fourth-order valence-electron chi connectivity index (χ4n) is 1.42. The second kappa shape index (κ2) is 3.62. The van der Waals surface area contributed by atoms with E-state index in [0.29, 0.717) is 5.96 Å². The summed E-state index contributed by atoms with van der Waals surface area (Å²) in [5.74, 6) is 5.63. The Morgan fingerprint density at radius 1 is 1.67 bits per heavy atom. The molecule has 12 heavy (non-hydrogen) atoms. The first-order valence-corrected chi connectivity index (χ1v) is 4.11. The van der Waals surface area contributed by atoms with Crippen LogP contribution < -0.4 is 11.6 Å². The molecule has 1 heterocycles. The summed E-state index contributed by atoms with van der Waals surface area (Å²) in [6.07, 6.45) is 0.518.